The number of amides is 2. The van der Waals surface area contributed by atoms with E-state index in [2.05, 4.69) is 16.3 Å². The Kier molecular flexibility index (Phi) is 4.03. The maximum atomic E-state index is 12.2. The number of nitriles is 1. The van der Waals surface area contributed by atoms with E-state index in [9.17, 15) is 9.59 Å². The van der Waals surface area contributed by atoms with Crippen LogP contribution < -0.4 is 0 Å². The molecule has 1 saturated heterocycles. The number of likely N-dealkylation sites (tertiary alicyclic amines) is 1. The summed E-state index contributed by atoms with van der Waals surface area (Å²) in [5, 5.41) is 15.3. The van der Waals surface area contributed by atoms with E-state index in [-0.39, 0.29) is 24.4 Å². The van der Waals surface area contributed by atoms with Gasteiger partial charge in [0.05, 0.1) is 12.6 Å². The molecule has 0 aromatic carbocycles. The third-order valence-electron chi connectivity index (χ3n) is 3.43. The predicted octanol–water partition coefficient (Wildman–Crippen LogP) is 0.242. The number of carbonyl (C=O) groups excluding carboxylic acids is 2. The normalized spacial score (nSPS) is 21.6. The van der Waals surface area contributed by atoms with Crippen LogP contribution in [-0.2, 0) is 4.79 Å². The molecule has 0 radical (unpaired) electrons. The molecule has 7 nitrogen and oxygen atoms in total. The first-order valence-corrected chi connectivity index (χ1v) is 6.47. The van der Waals surface area contributed by atoms with Crippen LogP contribution >= 0.6 is 0 Å². The molecule has 1 aliphatic heterocycles. The van der Waals surface area contributed by atoms with Crippen LogP contribution in [0.1, 0.15) is 23.8 Å². The van der Waals surface area contributed by atoms with E-state index in [1.54, 1.807) is 18.0 Å². The van der Waals surface area contributed by atoms with E-state index in [0.29, 0.717) is 24.6 Å². The molecule has 0 spiro atoms. The van der Waals surface area contributed by atoms with Crippen LogP contribution in [0.4, 0.5) is 0 Å². The Hall–Kier alpha value is -2.36. The van der Waals surface area contributed by atoms with Crippen molar-refractivity contribution in [1.82, 2.24) is 20.0 Å². The Balaban J connectivity index is 1.98. The van der Waals surface area contributed by atoms with E-state index in [0.717, 1.165) is 0 Å². The molecule has 0 aliphatic carbocycles. The van der Waals surface area contributed by atoms with Gasteiger partial charge in [0, 0.05) is 19.8 Å². The molecule has 1 aromatic heterocycles. The first kappa shape index (κ1) is 14.1. The summed E-state index contributed by atoms with van der Waals surface area (Å²) in [5.74, 6) is -0.176. The molecule has 7 heteroatoms. The molecular weight excluding hydrogens is 258 g/mol. The molecular formula is C13H17N5O2. The Labute approximate surface area is 117 Å². The minimum absolute atomic E-state index is 0.0389. The molecule has 106 valence electrons. The van der Waals surface area contributed by atoms with Gasteiger partial charge in [0.25, 0.3) is 5.91 Å². The standard InChI is InChI=1S/C13H17N5O2/c1-9-5-10(6-14)18(7-9)12(19)8-17(2)13(20)11-3-4-15-16-11/h3-4,9-10H,5,7-8H2,1-2H3,(H,15,16). The summed E-state index contributed by atoms with van der Waals surface area (Å²) in [6.07, 6.45) is 2.18. The van der Waals surface area contributed by atoms with Gasteiger partial charge < -0.3 is 9.80 Å². The molecule has 20 heavy (non-hydrogen) atoms. The van der Waals surface area contributed by atoms with Gasteiger partial charge in [-0.2, -0.15) is 10.4 Å². The SMILES string of the molecule is CC1CC(C#N)N(C(=O)CN(C)C(=O)c2ccn[nH]2)C1. The fraction of sp³-hybridized carbons (Fsp3) is 0.538. The van der Waals surface area contributed by atoms with Crippen LogP contribution in [-0.4, -0.2) is 58.0 Å². The highest BCUT2D eigenvalue weighted by Gasteiger charge is 2.33. The fourth-order valence-electron chi connectivity index (χ4n) is 2.39. The van der Waals surface area contributed by atoms with E-state index < -0.39 is 0 Å². The maximum absolute atomic E-state index is 12.2. The van der Waals surface area contributed by atoms with Crippen LogP contribution in [0, 0.1) is 17.2 Å². The van der Waals surface area contributed by atoms with Crippen molar-refractivity contribution in [1.29, 1.82) is 5.26 Å². The number of hydrogen-bond acceptors (Lipinski definition) is 4. The van der Waals surface area contributed by atoms with Crippen molar-refractivity contribution in [3.63, 3.8) is 0 Å². The zero-order valence-corrected chi connectivity index (χ0v) is 11.5. The van der Waals surface area contributed by atoms with Crippen molar-refractivity contribution < 1.29 is 9.59 Å². The Morgan fingerprint density at radius 3 is 3.00 bits per heavy atom. The molecule has 1 N–H and O–H groups in total. The minimum Gasteiger partial charge on any atom is -0.331 e. The number of aromatic nitrogens is 2. The summed E-state index contributed by atoms with van der Waals surface area (Å²) >= 11 is 0. The summed E-state index contributed by atoms with van der Waals surface area (Å²) in [7, 11) is 1.56. The molecule has 2 rings (SSSR count). The van der Waals surface area contributed by atoms with E-state index in [1.165, 1.54) is 11.1 Å². The monoisotopic (exact) mass is 275 g/mol. The van der Waals surface area contributed by atoms with Gasteiger partial charge in [0.15, 0.2) is 0 Å². The average molecular weight is 275 g/mol. The van der Waals surface area contributed by atoms with Gasteiger partial charge in [-0.1, -0.05) is 6.92 Å². The quantitative estimate of drug-likeness (QED) is 0.855. The number of aromatic amines is 1. The lowest BCUT2D eigenvalue weighted by Gasteiger charge is -2.23. The summed E-state index contributed by atoms with van der Waals surface area (Å²) in [4.78, 5) is 27.1. The molecule has 0 saturated carbocycles. The number of nitrogens with zero attached hydrogens (tertiary/aromatic N) is 4. The zero-order valence-electron chi connectivity index (χ0n) is 11.5. The van der Waals surface area contributed by atoms with Gasteiger partial charge in [-0.3, -0.25) is 14.7 Å². The first-order valence-electron chi connectivity index (χ1n) is 6.47. The van der Waals surface area contributed by atoms with Crippen LogP contribution in [0.2, 0.25) is 0 Å². The van der Waals surface area contributed by atoms with Gasteiger partial charge >= 0.3 is 0 Å². The van der Waals surface area contributed by atoms with E-state index >= 15 is 0 Å². The minimum atomic E-state index is -0.381. The number of H-pyrrole nitrogens is 1. The van der Waals surface area contributed by atoms with Crippen molar-refractivity contribution in [2.24, 2.45) is 5.92 Å². The maximum Gasteiger partial charge on any atom is 0.272 e. The lowest BCUT2D eigenvalue weighted by molar-refractivity contribution is -0.131. The van der Waals surface area contributed by atoms with Crippen LogP contribution in [0.15, 0.2) is 12.3 Å². The van der Waals surface area contributed by atoms with Crippen LogP contribution in [0.25, 0.3) is 0 Å². The number of likely N-dealkylation sites (N-methyl/N-ethyl adjacent to an activating group) is 1. The molecule has 2 heterocycles. The van der Waals surface area contributed by atoms with E-state index in [4.69, 9.17) is 5.26 Å². The van der Waals surface area contributed by atoms with Gasteiger partial charge in [0.1, 0.15) is 11.7 Å². The molecule has 0 bridgehead atoms. The number of carbonyl (C=O) groups is 2. The second-order valence-electron chi connectivity index (χ2n) is 5.16. The first-order chi connectivity index (χ1) is 9.52. The number of hydrogen-bond donors (Lipinski definition) is 1. The Morgan fingerprint density at radius 2 is 2.40 bits per heavy atom. The summed E-state index contributed by atoms with van der Waals surface area (Å²) in [5.41, 5.74) is 0.340. The van der Waals surface area contributed by atoms with Crippen molar-refractivity contribution in [2.45, 2.75) is 19.4 Å². The van der Waals surface area contributed by atoms with Crippen molar-refractivity contribution in [3.8, 4) is 6.07 Å². The van der Waals surface area contributed by atoms with Gasteiger partial charge in [-0.05, 0) is 18.4 Å². The Bertz CT molecular complexity index is 533. The summed E-state index contributed by atoms with van der Waals surface area (Å²) < 4.78 is 0. The zero-order chi connectivity index (χ0) is 14.7. The fourth-order valence-corrected chi connectivity index (χ4v) is 2.39. The van der Waals surface area contributed by atoms with E-state index in [1.807, 2.05) is 6.92 Å². The highest BCUT2D eigenvalue weighted by Crippen LogP contribution is 2.22. The Morgan fingerprint density at radius 1 is 1.65 bits per heavy atom. The van der Waals surface area contributed by atoms with Gasteiger partial charge in [-0.25, -0.2) is 0 Å². The van der Waals surface area contributed by atoms with Crippen LogP contribution in [0.5, 0.6) is 0 Å². The molecule has 2 atom stereocenters. The van der Waals surface area contributed by atoms with Crippen LogP contribution in [0.3, 0.4) is 0 Å². The smallest absolute Gasteiger partial charge is 0.272 e. The second-order valence-corrected chi connectivity index (χ2v) is 5.16. The number of rotatable bonds is 3. The third-order valence-corrected chi connectivity index (χ3v) is 3.43. The molecule has 1 fully saturated rings. The third kappa shape index (κ3) is 2.79. The number of nitrogens with one attached hydrogen (secondary N) is 1. The molecule has 1 aliphatic rings. The predicted molar refractivity (Wildman–Crippen MR) is 70.4 cm³/mol. The highest BCUT2D eigenvalue weighted by atomic mass is 16.2. The average Bonchev–Trinajstić information content (AvgIpc) is 3.06. The molecule has 1 aromatic rings. The second kappa shape index (κ2) is 5.74. The lowest BCUT2D eigenvalue weighted by atomic mass is 10.1. The topological polar surface area (TPSA) is 93.1 Å². The van der Waals surface area contributed by atoms with Crippen molar-refractivity contribution in [3.05, 3.63) is 18.0 Å². The summed E-state index contributed by atoms with van der Waals surface area (Å²) in [6.45, 7) is 2.54. The van der Waals surface area contributed by atoms with Crippen molar-refractivity contribution >= 4 is 11.8 Å². The summed E-state index contributed by atoms with van der Waals surface area (Å²) in [6, 6.07) is 3.31. The molecule has 2 amide bonds. The van der Waals surface area contributed by atoms with Gasteiger partial charge in [0.2, 0.25) is 5.91 Å². The highest BCUT2D eigenvalue weighted by molar-refractivity contribution is 5.94. The van der Waals surface area contributed by atoms with Gasteiger partial charge in [-0.15, -0.1) is 0 Å². The largest absolute Gasteiger partial charge is 0.331 e. The lowest BCUT2D eigenvalue weighted by Crippen LogP contribution is -2.43. The van der Waals surface area contributed by atoms with Crippen molar-refractivity contribution in [2.75, 3.05) is 20.1 Å². The molecule has 2 unspecified atom stereocenters.